The smallest absolute Gasteiger partial charge is 0.130 e. The minimum atomic E-state index is -0.562. The maximum Gasteiger partial charge on any atom is 0.130 e. The van der Waals surface area contributed by atoms with Crippen LogP contribution in [0.15, 0.2) is 18.2 Å². The summed E-state index contributed by atoms with van der Waals surface area (Å²) in [6.07, 6.45) is 0.168. The van der Waals surface area contributed by atoms with Crippen LogP contribution in [0.4, 0.5) is 8.78 Å². The van der Waals surface area contributed by atoms with E-state index in [4.69, 9.17) is 0 Å². The van der Waals surface area contributed by atoms with E-state index in [9.17, 15) is 13.9 Å². The molecular weight excluding hydrogens is 236 g/mol. The second kappa shape index (κ2) is 6.81. The first-order valence-corrected chi connectivity index (χ1v) is 6.27. The fourth-order valence-corrected chi connectivity index (χ4v) is 1.97. The molecule has 18 heavy (non-hydrogen) atoms. The van der Waals surface area contributed by atoms with Crippen molar-refractivity contribution in [3.8, 4) is 0 Å². The molecule has 0 aliphatic rings. The number of aliphatic hydroxyl groups is 1. The van der Waals surface area contributed by atoms with Gasteiger partial charge in [0, 0.05) is 18.2 Å². The van der Waals surface area contributed by atoms with Crippen LogP contribution in [-0.2, 0) is 0 Å². The fraction of sp³-hybridized carbons (Fsp3) is 0.571. The van der Waals surface area contributed by atoms with Gasteiger partial charge in [-0.2, -0.15) is 0 Å². The van der Waals surface area contributed by atoms with Crippen LogP contribution in [0.25, 0.3) is 0 Å². The van der Waals surface area contributed by atoms with Crippen LogP contribution in [-0.4, -0.2) is 17.8 Å². The second-order valence-electron chi connectivity index (χ2n) is 5.05. The molecule has 0 aliphatic carbocycles. The predicted octanol–water partition coefficient (Wildman–Crippen LogP) is 3.02. The molecule has 2 N–H and O–H groups in total. The lowest BCUT2D eigenvalue weighted by Crippen LogP contribution is -2.30. The fourth-order valence-electron chi connectivity index (χ4n) is 1.97. The normalized spacial score (nSPS) is 14.8. The molecule has 0 spiro atoms. The molecule has 0 aliphatic heterocycles. The lowest BCUT2D eigenvalue weighted by atomic mass is 10.0. The van der Waals surface area contributed by atoms with Gasteiger partial charge in [0.15, 0.2) is 0 Å². The van der Waals surface area contributed by atoms with Gasteiger partial charge in [-0.15, -0.1) is 0 Å². The first-order chi connectivity index (χ1) is 8.41. The van der Waals surface area contributed by atoms with Gasteiger partial charge in [0.1, 0.15) is 11.6 Å². The molecule has 1 aromatic carbocycles. The molecule has 2 nitrogen and oxygen atoms in total. The standard InChI is InChI=1S/C14H21F2NO/c1-9(2)7-11(18)8-17-10(3)14-12(15)5-4-6-13(14)16/h4-6,9-11,17-18H,7-8H2,1-3H3. The van der Waals surface area contributed by atoms with E-state index in [-0.39, 0.29) is 5.56 Å². The van der Waals surface area contributed by atoms with Crippen LogP contribution in [0.5, 0.6) is 0 Å². The topological polar surface area (TPSA) is 32.3 Å². The summed E-state index contributed by atoms with van der Waals surface area (Å²) in [5.74, 6) is -0.732. The van der Waals surface area contributed by atoms with Gasteiger partial charge in [0.2, 0.25) is 0 Å². The minimum absolute atomic E-state index is 0.0225. The van der Waals surface area contributed by atoms with E-state index in [2.05, 4.69) is 5.32 Å². The van der Waals surface area contributed by atoms with Gasteiger partial charge in [-0.1, -0.05) is 19.9 Å². The van der Waals surface area contributed by atoms with Crippen molar-refractivity contribution in [1.29, 1.82) is 0 Å². The number of nitrogens with one attached hydrogen (secondary N) is 1. The number of hydrogen-bond donors (Lipinski definition) is 2. The molecule has 0 fully saturated rings. The Morgan fingerprint density at radius 2 is 1.72 bits per heavy atom. The van der Waals surface area contributed by atoms with Gasteiger partial charge < -0.3 is 10.4 Å². The van der Waals surface area contributed by atoms with Crippen molar-refractivity contribution in [2.75, 3.05) is 6.54 Å². The van der Waals surface area contributed by atoms with Crippen molar-refractivity contribution < 1.29 is 13.9 Å². The van der Waals surface area contributed by atoms with Crippen molar-refractivity contribution in [2.24, 2.45) is 5.92 Å². The maximum atomic E-state index is 13.5. The Bertz CT molecular complexity index is 362. The van der Waals surface area contributed by atoms with E-state index in [0.717, 1.165) is 0 Å². The Kier molecular flexibility index (Phi) is 5.69. The third kappa shape index (κ3) is 4.35. The van der Waals surface area contributed by atoms with Crippen molar-refractivity contribution in [3.63, 3.8) is 0 Å². The van der Waals surface area contributed by atoms with Crippen molar-refractivity contribution in [1.82, 2.24) is 5.32 Å². The number of halogens is 2. The Hall–Kier alpha value is -1.00. The zero-order valence-electron chi connectivity index (χ0n) is 11.1. The molecule has 1 rings (SSSR count). The minimum Gasteiger partial charge on any atom is -0.392 e. The van der Waals surface area contributed by atoms with Crippen molar-refractivity contribution in [3.05, 3.63) is 35.4 Å². The van der Waals surface area contributed by atoms with Crippen LogP contribution in [0.2, 0.25) is 0 Å². The van der Waals surface area contributed by atoms with E-state index < -0.39 is 23.8 Å². The van der Waals surface area contributed by atoms with Crippen LogP contribution in [0.1, 0.15) is 38.8 Å². The molecule has 102 valence electrons. The van der Waals surface area contributed by atoms with Crippen LogP contribution >= 0.6 is 0 Å². The van der Waals surface area contributed by atoms with Crippen LogP contribution < -0.4 is 5.32 Å². The van der Waals surface area contributed by atoms with Crippen molar-refractivity contribution >= 4 is 0 Å². The molecule has 0 amide bonds. The Labute approximate surface area is 107 Å². The largest absolute Gasteiger partial charge is 0.392 e. The molecule has 0 saturated carbocycles. The van der Waals surface area contributed by atoms with Crippen LogP contribution in [0.3, 0.4) is 0 Å². The molecule has 0 radical (unpaired) electrons. The van der Waals surface area contributed by atoms with E-state index in [1.54, 1.807) is 6.92 Å². The van der Waals surface area contributed by atoms with Crippen LogP contribution in [0, 0.1) is 17.6 Å². The quantitative estimate of drug-likeness (QED) is 0.821. The molecule has 0 saturated heterocycles. The van der Waals surface area contributed by atoms with Crippen molar-refractivity contribution in [2.45, 2.75) is 39.3 Å². The summed E-state index contributed by atoms with van der Waals surface area (Å²) in [4.78, 5) is 0. The lowest BCUT2D eigenvalue weighted by Gasteiger charge is -2.19. The first-order valence-electron chi connectivity index (χ1n) is 6.27. The van der Waals surface area contributed by atoms with E-state index in [0.29, 0.717) is 18.9 Å². The number of hydrogen-bond acceptors (Lipinski definition) is 2. The van der Waals surface area contributed by atoms with Gasteiger partial charge >= 0.3 is 0 Å². The highest BCUT2D eigenvalue weighted by atomic mass is 19.1. The summed E-state index contributed by atoms with van der Waals surface area (Å²) in [5, 5.41) is 12.7. The first kappa shape index (κ1) is 15.1. The molecular formula is C14H21F2NO. The molecule has 2 unspecified atom stereocenters. The Morgan fingerprint density at radius 1 is 1.17 bits per heavy atom. The third-order valence-corrected chi connectivity index (χ3v) is 2.84. The molecule has 0 aromatic heterocycles. The highest BCUT2D eigenvalue weighted by molar-refractivity contribution is 5.22. The van der Waals surface area contributed by atoms with Gasteiger partial charge in [-0.25, -0.2) is 8.78 Å². The molecule has 2 atom stereocenters. The SMILES string of the molecule is CC(C)CC(O)CNC(C)c1c(F)cccc1F. The monoisotopic (exact) mass is 257 g/mol. The number of rotatable bonds is 6. The average Bonchev–Trinajstić information content (AvgIpc) is 2.25. The average molecular weight is 257 g/mol. The summed E-state index contributed by atoms with van der Waals surface area (Å²) < 4.78 is 27.0. The lowest BCUT2D eigenvalue weighted by molar-refractivity contribution is 0.143. The second-order valence-corrected chi connectivity index (χ2v) is 5.05. The summed E-state index contributed by atoms with van der Waals surface area (Å²) in [6, 6.07) is 3.35. The highest BCUT2D eigenvalue weighted by Gasteiger charge is 2.16. The number of aliphatic hydroxyl groups excluding tert-OH is 1. The third-order valence-electron chi connectivity index (χ3n) is 2.84. The Morgan fingerprint density at radius 3 is 2.22 bits per heavy atom. The zero-order chi connectivity index (χ0) is 13.7. The Balaban J connectivity index is 2.58. The zero-order valence-corrected chi connectivity index (χ0v) is 11.1. The predicted molar refractivity (Wildman–Crippen MR) is 68.2 cm³/mol. The van der Waals surface area contributed by atoms with E-state index in [1.165, 1.54) is 18.2 Å². The van der Waals surface area contributed by atoms with E-state index >= 15 is 0 Å². The van der Waals surface area contributed by atoms with Gasteiger partial charge in [0.05, 0.1) is 6.10 Å². The van der Waals surface area contributed by atoms with Gasteiger partial charge in [-0.3, -0.25) is 0 Å². The number of benzene rings is 1. The molecule has 1 aromatic rings. The summed E-state index contributed by atoms with van der Waals surface area (Å²) in [7, 11) is 0. The summed E-state index contributed by atoms with van der Waals surface area (Å²) in [5.41, 5.74) is 0.0225. The van der Waals surface area contributed by atoms with Gasteiger partial charge in [-0.05, 0) is 31.4 Å². The molecule has 0 heterocycles. The maximum absolute atomic E-state index is 13.5. The summed E-state index contributed by atoms with van der Waals surface area (Å²) in [6.45, 7) is 6.04. The molecule has 0 bridgehead atoms. The van der Waals surface area contributed by atoms with E-state index in [1.807, 2.05) is 13.8 Å². The molecule has 4 heteroatoms. The van der Waals surface area contributed by atoms with Gasteiger partial charge in [0.25, 0.3) is 0 Å². The summed E-state index contributed by atoms with van der Waals surface area (Å²) >= 11 is 0. The highest BCUT2D eigenvalue weighted by Crippen LogP contribution is 2.20.